The fraction of sp³-hybridized carbons (Fsp3) is 0.538. The van der Waals surface area contributed by atoms with Gasteiger partial charge in [0.1, 0.15) is 0 Å². The molecule has 0 saturated carbocycles. The van der Waals surface area contributed by atoms with Crippen LogP contribution in [0.4, 0.5) is 0 Å². The van der Waals surface area contributed by atoms with E-state index in [0.29, 0.717) is 22.7 Å². The van der Waals surface area contributed by atoms with Crippen LogP contribution in [0.25, 0.3) is 0 Å². The van der Waals surface area contributed by atoms with E-state index in [1.54, 1.807) is 23.5 Å². The number of thioether (sulfide) groups is 8. The summed E-state index contributed by atoms with van der Waals surface area (Å²) < 4.78 is 8.38. The Labute approximate surface area is 250 Å². The first-order valence-corrected chi connectivity index (χ1v) is 19.8. The average molecular weight is 633 g/mol. The molecule has 36 heavy (non-hydrogen) atoms. The third-order valence-corrected chi connectivity index (χ3v) is 17.5. The number of unbranched alkanes of at least 4 members (excludes halogenated alkanes) is 6. The van der Waals surface area contributed by atoms with Crippen LogP contribution in [0.1, 0.15) is 65.2 Å². The van der Waals surface area contributed by atoms with E-state index in [1.807, 2.05) is 47.0 Å². The Morgan fingerprint density at radius 2 is 1.06 bits per heavy atom. The van der Waals surface area contributed by atoms with Crippen LogP contribution in [0.2, 0.25) is 0 Å². The largest absolute Gasteiger partial charge is 0.290 e. The smallest absolute Gasteiger partial charge is 0.183 e. The van der Waals surface area contributed by atoms with Crippen molar-refractivity contribution < 1.29 is 9.59 Å². The molecule has 1 aliphatic carbocycles. The van der Waals surface area contributed by atoms with E-state index in [-0.39, 0.29) is 11.6 Å². The number of rotatable bonds is 12. The lowest BCUT2D eigenvalue weighted by molar-refractivity contribution is -0.115. The summed E-state index contributed by atoms with van der Waals surface area (Å²) in [5, 5.41) is 0. The second-order valence-corrected chi connectivity index (χ2v) is 18.4. The van der Waals surface area contributed by atoms with Gasteiger partial charge in [-0.05, 0) is 36.5 Å². The maximum atomic E-state index is 12.4. The molecule has 0 atom stereocenters. The standard InChI is InChI=1S/C26H32O2S8/c1-3-5-7-9-13-29-21-22(30-14-10-8-6-4-2)34-25(33-21)26-35-23-24(36-26)32-16-18-17(15-31-23)19(27)11-12-20(18)28/h11-12H,3-10,13-16H2,1-2H3. The van der Waals surface area contributed by atoms with Crippen LogP contribution in [0.15, 0.2) is 48.7 Å². The lowest BCUT2D eigenvalue weighted by atomic mass is 9.97. The molecule has 196 valence electrons. The van der Waals surface area contributed by atoms with Crippen LogP contribution in [-0.2, 0) is 9.59 Å². The van der Waals surface area contributed by atoms with Crippen LogP contribution in [0, 0.1) is 0 Å². The van der Waals surface area contributed by atoms with Gasteiger partial charge in [-0.25, -0.2) is 0 Å². The molecule has 0 radical (unpaired) electrons. The maximum absolute atomic E-state index is 12.4. The van der Waals surface area contributed by atoms with Crippen molar-refractivity contribution >= 4 is 106 Å². The van der Waals surface area contributed by atoms with Crippen LogP contribution < -0.4 is 0 Å². The number of carbonyl (C=O) groups is 2. The van der Waals surface area contributed by atoms with Crippen molar-refractivity contribution in [1.82, 2.24) is 0 Å². The summed E-state index contributed by atoms with van der Waals surface area (Å²) in [5.74, 6) is 3.61. The monoisotopic (exact) mass is 632 g/mol. The minimum Gasteiger partial charge on any atom is -0.290 e. The van der Waals surface area contributed by atoms with Crippen LogP contribution in [0.3, 0.4) is 0 Å². The minimum atomic E-state index is 0.00305. The molecule has 3 heterocycles. The fourth-order valence-corrected chi connectivity index (χ4v) is 15.9. The van der Waals surface area contributed by atoms with Gasteiger partial charge in [0.2, 0.25) is 0 Å². The van der Waals surface area contributed by atoms with Crippen molar-refractivity contribution in [2.45, 2.75) is 65.2 Å². The Bertz CT molecular complexity index is 947. The summed E-state index contributed by atoms with van der Waals surface area (Å²) in [6.07, 6.45) is 13.4. The first-order valence-electron chi connectivity index (χ1n) is 12.5. The Morgan fingerprint density at radius 3 is 1.50 bits per heavy atom. The number of carbonyl (C=O) groups excluding carboxylic acids is 2. The number of hydrogen-bond donors (Lipinski definition) is 0. The van der Waals surface area contributed by atoms with Crippen molar-refractivity contribution in [1.29, 1.82) is 0 Å². The molecule has 3 aliphatic heterocycles. The molecule has 0 amide bonds. The zero-order chi connectivity index (χ0) is 25.3. The van der Waals surface area contributed by atoms with E-state index in [1.165, 1.54) is 100 Å². The third kappa shape index (κ3) is 8.18. The summed E-state index contributed by atoms with van der Waals surface area (Å²) >= 11 is 15.3. The lowest BCUT2D eigenvalue weighted by Gasteiger charge is -2.17. The van der Waals surface area contributed by atoms with Gasteiger partial charge < -0.3 is 0 Å². The lowest BCUT2D eigenvalue weighted by Crippen LogP contribution is -2.18. The first kappa shape index (κ1) is 29.8. The van der Waals surface area contributed by atoms with E-state index in [4.69, 9.17) is 0 Å². The Kier molecular flexibility index (Phi) is 12.9. The average Bonchev–Trinajstić information content (AvgIpc) is 3.45. The van der Waals surface area contributed by atoms with E-state index in [0.717, 1.165) is 0 Å². The highest BCUT2D eigenvalue weighted by molar-refractivity contribution is 8.45. The Hall–Kier alpha value is 0.840. The molecular weight excluding hydrogens is 601 g/mol. The van der Waals surface area contributed by atoms with Gasteiger partial charge in [0.25, 0.3) is 0 Å². The van der Waals surface area contributed by atoms with Gasteiger partial charge in [-0.2, -0.15) is 0 Å². The van der Waals surface area contributed by atoms with Crippen molar-refractivity contribution in [2.75, 3.05) is 23.0 Å². The molecule has 2 nitrogen and oxygen atoms in total. The normalized spacial score (nSPS) is 20.5. The van der Waals surface area contributed by atoms with E-state index in [2.05, 4.69) is 37.4 Å². The van der Waals surface area contributed by atoms with Gasteiger partial charge in [0, 0.05) is 22.7 Å². The Morgan fingerprint density at radius 1 is 0.611 bits per heavy atom. The molecule has 0 N–H and O–H groups in total. The van der Waals surface area contributed by atoms with Crippen LogP contribution in [0.5, 0.6) is 0 Å². The van der Waals surface area contributed by atoms with Gasteiger partial charge >= 0.3 is 0 Å². The van der Waals surface area contributed by atoms with Crippen molar-refractivity contribution in [2.24, 2.45) is 0 Å². The number of hydrogen-bond acceptors (Lipinski definition) is 10. The summed E-state index contributed by atoms with van der Waals surface area (Å²) in [5.41, 5.74) is 1.40. The molecule has 4 aliphatic rings. The minimum absolute atomic E-state index is 0.00305. The molecular formula is C26H32O2S8. The van der Waals surface area contributed by atoms with Gasteiger partial charge in [0.15, 0.2) is 11.6 Å². The summed E-state index contributed by atoms with van der Waals surface area (Å²) in [7, 11) is 0. The second-order valence-electron chi connectivity index (χ2n) is 8.55. The Balaban J connectivity index is 1.38. The molecule has 0 aromatic heterocycles. The van der Waals surface area contributed by atoms with Crippen molar-refractivity contribution in [3.05, 3.63) is 48.7 Å². The molecule has 0 aromatic rings. The van der Waals surface area contributed by atoms with Crippen molar-refractivity contribution in [3.8, 4) is 0 Å². The first-order chi connectivity index (χ1) is 17.6. The topological polar surface area (TPSA) is 34.1 Å². The molecule has 0 spiro atoms. The highest BCUT2D eigenvalue weighted by Gasteiger charge is 2.33. The highest BCUT2D eigenvalue weighted by atomic mass is 32.3. The molecule has 0 bridgehead atoms. The number of allylic oxidation sites excluding steroid dienone is 2. The molecule has 0 fully saturated rings. The van der Waals surface area contributed by atoms with E-state index >= 15 is 0 Å². The fourth-order valence-electron chi connectivity index (χ4n) is 3.69. The molecule has 4 rings (SSSR count). The quantitative estimate of drug-likeness (QED) is 0.153. The molecule has 0 aromatic carbocycles. The predicted molar refractivity (Wildman–Crippen MR) is 176 cm³/mol. The third-order valence-electron chi connectivity index (χ3n) is 5.74. The van der Waals surface area contributed by atoms with E-state index in [9.17, 15) is 9.59 Å². The molecule has 0 unspecified atom stereocenters. The number of ketones is 2. The van der Waals surface area contributed by atoms with Gasteiger partial charge in [-0.15, -0.1) is 47.0 Å². The SMILES string of the molecule is CCCCCCSC1=C(SCCCCCC)SC(=C2SC3=C(SCC4=C(CS3)C(=O)C=CC4=O)S2)S1. The van der Waals surface area contributed by atoms with Gasteiger partial charge in [0.05, 0.1) is 25.4 Å². The van der Waals surface area contributed by atoms with E-state index < -0.39 is 0 Å². The summed E-state index contributed by atoms with van der Waals surface area (Å²) in [6.45, 7) is 4.54. The molecule has 10 heteroatoms. The summed E-state index contributed by atoms with van der Waals surface area (Å²) in [4.78, 5) is 24.8. The van der Waals surface area contributed by atoms with Crippen LogP contribution in [-0.4, -0.2) is 34.6 Å². The zero-order valence-electron chi connectivity index (χ0n) is 20.7. The maximum Gasteiger partial charge on any atom is 0.183 e. The summed E-state index contributed by atoms with van der Waals surface area (Å²) in [6, 6.07) is 0. The van der Waals surface area contributed by atoms with Gasteiger partial charge in [-0.1, -0.05) is 99.4 Å². The van der Waals surface area contributed by atoms with Crippen molar-refractivity contribution in [3.63, 3.8) is 0 Å². The predicted octanol–water partition coefficient (Wildman–Crippen LogP) is 10.4. The van der Waals surface area contributed by atoms with Gasteiger partial charge in [-0.3, -0.25) is 9.59 Å². The second kappa shape index (κ2) is 15.6. The zero-order valence-corrected chi connectivity index (χ0v) is 27.3. The molecule has 0 saturated heterocycles. The van der Waals surface area contributed by atoms with Crippen LogP contribution >= 0.6 is 94.1 Å². The highest BCUT2D eigenvalue weighted by Crippen LogP contribution is 2.66.